The molecule has 0 bridgehead atoms. The second-order valence-corrected chi connectivity index (χ2v) is 5.79. The van der Waals surface area contributed by atoms with Gasteiger partial charge in [-0.3, -0.25) is 14.9 Å². The Morgan fingerprint density at radius 3 is 2.70 bits per heavy atom. The fourth-order valence-corrected chi connectivity index (χ4v) is 2.21. The number of nitro groups is 1. The third-order valence-electron chi connectivity index (χ3n) is 3.34. The van der Waals surface area contributed by atoms with E-state index in [1.54, 1.807) is 6.07 Å². The summed E-state index contributed by atoms with van der Waals surface area (Å²) in [5.74, 6) is -2.02. The minimum absolute atomic E-state index is 0.00689. The summed E-state index contributed by atoms with van der Waals surface area (Å²) in [5.41, 5.74) is 0.490. The highest BCUT2D eigenvalue weighted by Crippen LogP contribution is 2.22. The lowest BCUT2D eigenvalue weighted by Gasteiger charge is -2.13. The largest absolute Gasteiger partial charge is 0.449 e. The fourth-order valence-electron chi connectivity index (χ4n) is 2.00. The van der Waals surface area contributed by atoms with Crippen molar-refractivity contribution in [2.75, 3.05) is 5.32 Å². The molecule has 0 aliphatic rings. The van der Waals surface area contributed by atoms with E-state index in [9.17, 15) is 24.1 Å². The van der Waals surface area contributed by atoms with E-state index >= 15 is 0 Å². The van der Waals surface area contributed by atoms with Gasteiger partial charge in [-0.05, 0) is 36.8 Å². The van der Waals surface area contributed by atoms with Crippen LogP contribution in [0.15, 0.2) is 48.5 Å². The van der Waals surface area contributed by atoms with Gasteiger partial charge in [0.05, 0.1) is 15.6 Å². The van der Waals surface area contributed by atoms with Gasteiger partial charge in [0, 0.05) is 18.2 Å². The lowest BCUT2D eigenvalue weighted by Crippen LogP contribution is -2.29. The number of hydrogen-bond acceptors (Lipinski definition) is 5. The van der Waals surface area contributed by atoms with Gasteiger partial charge in [0.25, 0.3) is 11.6 Å². The Bertz CT molecular complexity index is 916. The number of nitro benzene ring substituents is 1. The summed E-state index contributed by atoms with van der Waals surface area (Å²) in [4.78, 5) is 34.0. The molecule has 1 N–H and O–H groups in total. The first-order valence-electron chi connectivity index (χ1n) is 7.65. The van der Waals surface area contributed by atoms with Crippen molar-refractivity contribution < 1.29 is 23.6 Å². The van der Waals surface area contributed by atoms with Crippen molar-refractivity contribution in [3.63, 3.8) is 0 Å². The predicted molar refractivity (Wildman–Crippen MR) is 97.7 cm³/mol. The molecule has 2 rings (SSSR count). The monoisotopic (exact) mass is 392 g/mol. The van der Waals surface area contributed by atoms with Crippen LogP contribution in [0.2, 0.25) is 5.02 Å². The second kappa shape index (κ2) is 8.91. The molecular weight excluding hydrogens is 379 g/mol. The Morgan fingerprint density at radius 1 is 1.30 bits per heavy atom. The van der Waals surface area contributed by atoms with Gasteiger partial charge in [0.1, 0.15) is 5.82 Å². The molecule has 1 amide bonds. The molecule has 0 unspecified atom stereocenters. The molecule has 0 aliphatic carbocycles. The maximum absolute atomic E-state index is 13.0. The van der Waals surface area contributed by atoms with Crippen molar-refractivity contribution in [1.29, 1.82) is 0 Å². The van der Waals surface area contributed by atoms with Crippen molar-refractivity contribution in [3.05, 3.63) is 75.1 Å². The Kier molecular flexibility index (Phi) is 6.62. The maximum atomic E-state index is 13.0. The lowest BCUT2D eigenvalue weighted by molar-refractivity contribution is -0.384. The van der Waals surface area contributed by atoms with Gasteiger partial charge in [0.15, 0.2) is 6.10 Å². The summed E-state index contributed by atoms with van der Waals surface area (Å²) in [7, 11) is 0. The molecule has 0 aliphatic heterocycles. The number of carbonyl (C=O) groups excluding carboxylic acids is 2. The van der Waals surface area contributed by atoms with Gasteiger partial charge >= 0.3 is 5.97 Å². The number of benzene rings is 2. The minimum Gasteiger partial charge on any atom is -0.449 e. The van der Waals surface area contributed by atoms with Gasteiger partial charge in [-0.15, -0.1) is 0 Å². The average molecular weight is 393 g/mol. The first-order valence-corrected chi connectivity index (χ1v) is 8.03. The van der Waals surface area contributed by atoms with Crippen molar-refractivity contribution in [2.24, 2.45) is 0 Å². The van der Waals surface area contributed by atoms with Gasteiger partial charge in [-0.25, -0.2) is 9.18 Å². The van der Waals surface area contributed by atoms with E-state index < -0.39 is 28.7 Å². The molecule has 0 radical (unpaired) electrons. The van der Waals surface area contributed by atoms with Gasteiger partial charge < -0.3 is 10.1 Å². The van der Waals surface area contributed by atoms with Crippen molar-refractivity contribution in [1.82, 2.24) is 0 Å². The number of ether oxygens (including phenoxy) is 1. The maximum Gasteiger partial charge on any atom is 0.331 e. The molecule has 27 heavy (non-hydrogen) atoms. The Hall–Kier alpha value is -3.26. The molecule has 1 atom stereocenters. The molecule has 0 spiro atoms. The average Bonchev–Trinajstić information content (AvgIpc) is 2.62. The summed E-state index contributed by atoms with van der Waals surface area (Å²) in [6, 6.07) is 9.11. The lowest BCUT2D eigenvalue weighted by atomic mass is 10.2. The number of halogens is 2. The zero-order valence-electron chi connectivity index (χ0n) is 14.0. The fraction of sp³-hybridized carbons (Fsp3) is 0.111. The van der Waals surface area contributed by atoms with E-state index in [1.165, 1.54) is 37.3 Å². The van der Waals surface area contributed by atoms with E-state index in [0.29, 0.717) is 5.56 Å². The Balaban J connectivity index is 1.95. The van der Waals surface area contributed by atoms with Crippen LogP contribution in [0.5, 0.6) is 0 Å². The van der Waals surface area contributed by atoms with E-state index in [-0.39, 0.29) is 16.4 Å². The van der Waals surface area contributed by atoms with Gasteiger partial charge in [-0.2, -0.15) is 0 Å². The van der Waals surface area contributed by atoms with Crippen LogP contribution in [-0.4, -0.2) is 22.9 Å². The molecule has 140 valence electrons. The van der Waals surface area contributed by atoms with Crippen LogP contribution >= 0.6 is 11.6 Å². The molecule has 0 saturated heterocycles. The third-order valence-corrected chi connectivity index (χ3v) is 3.66. The zero-order chi connectivity index (χ0) is 20.0. The van der Waals surface area contributed by atoms with E-state index in [1.807, 2.05) is 0 Å². The van der Waals surface area contributed by atoms with Crippen LogP contribution in [-0.2, 0) is 14.3 Å². The van der Waals surface area contributed by atoms with Crippen LogP contribution in [0.25, 0.3) is 6.08 Å². The zero-order valence-corrected chi connectivity index (χ0v) is 14.8. The normalized spacial score (nSPS) is 11.8. The van der Waals surface area contributed by atoms with Crippen molar-refractivity contribution in [3.8, 4) is 0 Å². The number of rotatable bonds is 6. The van der Waals surface area contributed by atoms with Gasteiger partial charge in [-0.1, -0.05) is 23.7 Å². The predicted octanol–water partition coefficient (Wildman–Crippen LogP) is 3.97. The molecule has 0 aromatic heterocycles. The molecule has 0 fully saturated rings. The van der Waals surface area contributed by atoms with E-state index in [0.717, 1.165) is 18.2 Å². The summed E-state index contributed by atoms with van der Waals surface area (Å²) in [6.45, 7) is 1.35. The number of nitrogens with zero attached hydrogens (tertiary/aromatic N) is 1. The molecular formula is C18H14ClFN2O5. The number of anilines is 1. The minimum atomic E-state index is -1.15. The second-order valence-electron chi connectivity index (χ2n) is 5.38. The highest BCUT2D eigenvalue weighted by atomic mass is 35.5. The third kappa shape index (κ3) is 5.89. The number of nitrogens with one attached hydrogen (secondary N) is 1. The van der Waals surface area contributed by atoms with Crippen LogP contribution < -0.4 is 5.32 Å². The van der Waals surface area contributed by atoms with Crippen molar-refractivity contribution >= 4 is 40.9 Å². The number of non-ortho nitro benzene ring substituents is 1. The molecule has 2 aromatic rings. The number of carbonyl (C=O) groups is 2. The summed E-state index contributed by atoms with van der Waals surface area (Å²) in [6.07, 6.45) is 1.23. The number of esters is 1. The smallest absolute Gasteiger partial charge is 0.331 e. The summed E-state index contributed by atoms with van der Waals surface area (Å²) in [5, 5.41) is 13.1. The summed E-state index contributed by atoms with van der Waals surface area (Å²) >= 11 is 5.81. The SMILES string of the molecule is C[C@@H](OC(=O)/C=C/c1cccc([N+](=O)[O-])c1)C(=O)Nc1ccc(F)cc1Cl. The van der Waals surface area contributed by atoms with Crippen LogP contribution in [0.1, 0.15) is 12.5 Å². The van der Waals surface area contributed by atoms with Crippen LogP contribution in [0.3, 0.4) is 0 Å². The molecule has 7 nitrogen and oxygen atoms in total. The molecule has 0 heterocycles. The van der Waals surface area contributed by atoms with Crippen LogP contribution in [0, 0.1) is 15.9 Å². The first kappa shape index (κ1) is 20.1. The van der Waals surface area contributed by atoms with E-state index in [4.69, 9.17) is 16.3 Å². The molecule has 9 heteroatoms. The highest BCUT2D eigenvalue weighted by molar-refractivity contribution is 6.33. The van der Waals surface area contributed by atoms with Crippen LogP contribution in [0.4, 0.5) is 15.8 Å². The molecule has 0 saturated carbocycles. The quantitative estimate of drug-likeness (QED) is 0.347. The highest BCUT2D eigenvalue weighted by Gasteiger charge is 2.18. The topological polar surface area (TPSA) is 98.5 Å². The van der Waals surface area contributed by atoms with Gasteiger partial charge in [0.2, 0.25) is 0 Å². The Labute approximate surface area is 158 Å². The Morgan fingerprint density at radius 2 is 2.04 bits per heavy atom. The number of hydrogen-bond donors (Lipinski definition) is 1. The standard InChI is InChI=1S/C18H14ClFN2O5/c1-11(18(24)21-16-7-6-13(20)10-15(16)19)27-17(23)8-5-12-3-2-4-14(9-12)22(25)26/h2-11H,1H3,(H,21,24)/b8-5+/t11-/m1/s1. The summed E-state index contributed by atoms with van der Waals surface area (Å²) < 4.78 is 18.0. The van der Waals surface area contributed by atoms with Crippen molar-refractivity contribution in [2.45, 2.75) is 13.0 Å². The molecule has 2 aromatic carbocycles. The first-order chi connectivity index (χ1) is 12.8. The number of amides is 1. The van der Waals surface area contributed by atoms with E-state index in [2.05, 4.69) is 5.32 Å².